The number of hydrogen-bond donors (Lipinski definition) is 0. The molecule has 6 heteroatoms. The number of hydrogen-bond acceptors (Lipinski definition) is 5. The Balaban J connectivity index is 1.47. The Labute approximate surface area is 237 Å². The lowest BCUT2D eigenvalue weighted by Crippen LogP contribution is -2.13. The lowest BCUT2D eigenvalue weighted by atomic mass is 10.0. The van der Waals surface area contributed by atoms with Crippen LogP contribution in [-0.2, 0) is 4.74 Å². The number of unbranched alkanes of at least 4 members (excludes halogenated alkanes) is 7. The molecule has 0 aliphatic heterocycles. The van der Waals surface area contributed by atoms with Gasteiger partial charge in [0.25, 0.3) is 0 Å². The molecule has 0 N–H and O–H groups in total. The maximum absolute atomic E-state index is 14.6. The van der Waals surface area contributed by atoms with E-state index in [9.17, 15) is 14.0 Å². The van der Waals surface area contributed by atoms with Crippen LogP contribution >= 0.6 is 0 Å². The number of rotatable bonds is 16. The maximum atomic E-state index is 14.6. The molecule has 0 aromatic heterocycles. The van der Waals surface area contributed by atoms with Crippen molar-refractivity contribution in [2.75, 3.05) is 6.61 Å². The summed E-state index contributed by atoms with van der Waals surface area (Å²) in [4.78, 5) is 24.8. The number of esters is 2. The smallest absolute Gasteiger partial charge is 0.346 e. The van der Waals surface area contributed by atoms with E-state index in [-0.39, 0.29) is 17.6 Å². The predicted octanol–water partition coefficient (Wildman–Crippen LogP) is 9.19. The predicted molar refractivity (Wildman–Crippen MR) is 157 cm³/mol. The topological polar surface area (TPSA) is 61.8 Å². The van der Waals surface area contributed by atoms with Gasteiger partial charge in [-0.3, -0.25) is 0 Å². The minimum absolute atomic E-state index is 0.133. The van der Waals surface area contributed by atoms with Crippen LogP contribution in [0.2, 0.25) is 0 Å². The third kappa shape index (κ3) is 9.82. The Kier molecular flexibility index (Phi) is 12.7. The molecule has 0 spiro atoms. The third-order valence-corrected chi connectivity index (χ3v) is 6.83. The average molecular weight is 549 g/mol. The van der Waals surface area contributed by atoms with Crippen LogP contribution in [0.5, 0.6) is 11.5 Å². The Morgan fingerprint density at radius 1 is 0.725 bits per heavy atom. The van der Waals surface area contributed by atoms with Crippen LogP contribution in [0.4, 0.5) is 4.39 Å². The Morgan fingerprint density at radius 2 is 1.30 bits per heavy atom. The van der Waals surface area contributed by atoms with Crippen LogP contribution in [0.3, 0.4) is 0 Å². The van der Waals surface area contributed by atoms with E-state index in [0.717, 1.165) is 30.4 Å². The van der Waals surface area contributed by atoms with E-state index < -0.39 is 11.8 Å². The van der Waals surface area contributed by atoms with Gasteiger partial charge in [0.05, 0.1) is 23.8 Å². The molecular formula is C34H41FO5. The number of carbonyl (C=O) groups is 2. The zero-order valence-corrected chi connectivity index (χ0v) is 23.9. The molecule has 3 rings (SSSR count). The van der Waals surface area contributed by atoms with Crippen LogP contribution in [0.15, 0.2) is 66.7 Å². The molecule has 0 saturated heterocycles. The van der Waals surface area contributed by atoms with Crippen LogP contribution in [0.1, 0.15) is 99.3 Å². The Bertz CT molecular complexity index is 1200. The van der Waals surface area contributed by atoms with Gasteiger partial charge in [0.2, 0.25) is 0 Å². The summed E-state index contributed by atoms with van der Waals surface area (Å²) >= 11 is 0. The van der Waals surface area contributed by atoms with Crippen LogP contribution in [-0.4, -0.2) is 24.6 Å². The van der Waals surface area contributed by atoms with Crippen molar-refractivity contribution in [1.29, 1.82) is 0 Å². The number of halogens is 1. The molecule has 3 aromatic rings. The van der Waals surface area contributed by atoms with E-state index in [0.29, 0.717) is 23.7 Å². The lowest BCUT2D eigenvalue weighted by Gasteiger charge is -2.11. The van der Waals surface area contributed by atoms with Gasteiger partial charge in [-0.2, -0.15) is 0 Å². The summed E-state index contributed by atoms with van der Waals surface area (Å²) in [6, 6.07) is 18.2. The maximum Gasteiger partial charge on any atom is 0.346 e. The van der Waals surface area contributed by atoms with Gasteiger partial charge in [-0.1, -0.05) is 83.1 Å². The number of ether oxygens (including phenoxy) is 3. The highest BCUT2D eigenvalue weighted by Gasteiger charge is 2.16. The van der Waals surface area contributed by atoms with Gasteiger partial charge < -0.3 is 14.2 Å². The first-order valence-corrected chi connectivity index (χ1v) is 14.5. The molecule has 214 valence electrons. The summed E-state index contributed by atoms with van der Waals surface area (Å²) in [5.41, 5.74) is 2.11. The molecule has 40 heavy (non-hydrogen) atoms. The molecule has 0 aliphatic carbocycles. The molecule has 0 radical (unpaired) electrons. The SMILES string of the molecule is CCCCCCCCCCOc1ccc(C(=O)Oc2ccc(-c3ccc(C(=O)O[C@H](C)CC)cc3)cc2)c(F)c1. The molecule has 0 saturated carbocycles. The second kappa shape index (κ2) is 16.4. The molecular weight excluding hydrogens is 507 g/mol. The zero-order valence-electron chi connectivity index (χ0n) is 23.9. The standard InChI is InChI=1S/C34H41FO5/c1-4-6-7-8-9-10-11-12-23-38-30-21-22-31(32(35)24-30)34(37)40-29-19-17-27(18-20-29)26-13-15-28(16-14-26)33(36)39-25(3)5-2/h13-22,24-25H,4-12,23H2,1-3H3/t25-/m1/s1. The minimum Gasteiger partial charge on any atom is -0.493 e. The van der Waals surface area contributed by atoms with E-state index in [2.05, 4.69) is 6.92 Å². The molecule has 0 amide bonds. The van der Waals surface area contributed by atoms with Crippen molar-refractivity contribution in [2.45, 2.75) is 84.7 Å². The van der Waals surface area contributed by atoms with Crippen molar-refractivity contribution in [1.82, 2.24) is 0 Å². The highest BCUT2D eigenvalue weighted by Crippen LogP contribution is 2.25. The third-order valence-electron chi connectivity index (χ3n) is 6.83. The fraction of sp³-hybridized carbons (Fsp3) is 0.412. The van der Waals surface area contributed by atoms with Gasteiger partial charge in [0, 0.05) is 6.07 Å². The van der Waals surface area contributed by atoms with Gasteiger partial charge in [-0.05, 0) is 67.3 Å². The van der Waals surface area contributed by atoms with Crippen molar-refractivity contribution in [3.8, 4) is 22.6 Å². The molecule has 1 atom stereocenters. The van der Waals surface area contributed by atoms with E-state index in [1.54, 1.807) is 42.5 Å². The highest BCUT2D eigenvalue weighted by molar-refractivity contribution is 5.92. The largest absolute Gasteiger partial charge is 0.493 e. The molecule has 0 unspecified atom stereocenters. The van der Waals surface area contributed by atoms with Crippen molar-refractivity contribution in [2.24, 2.45) is 0 Å². The minimum atomic E-state index is -0.774. The monoisotopic (exact) mass is 548 g/mol. The van der Waals surface area contributed by atoms with Crippen LogP contribution in [0.25, 0.3) is 11.1 Å². The van der Waals surface area contributed by atoms with Crippen LogP contribution in [0, 0.1) is 5.82 Å². The van der Waals surface area contributed by atoms with Gasteiger partial charge in [0.15, 0.2) is 0 Å². The second-order valence-corrected chi connectivity index (χ2v) is 10.1. The second-order valence-electron chi connectivity index (χ2n) is 10.1. The summed E-state index contributed by atoms with van der Waals surface area (Å²) in [5.74, 6) is -1.10. The van der Waals surface area contributed by atoms with Crippen molar-refractivity contribution in [3.05, 3.63) is 83.7 Å². The van der Waals surface area contributed by atoms with E-state index in [1.165, 1.54) is 50.7 Å². The molecule has 0 heterocycles. The van der Waals surface area contributed by atoms with E-state index in [4.69, 9.17) is 14.2 Å². The van der Waals surface area contributed by atoms with Gasteiger partial charge in [0.1, 0.15) is 17.3 Å². The van der Waals surface area contributed by atoms with Crippen molar-refractivity contribution >= 4 is 11.9 Å². The summed E-state index contributed by atoms with van der Waals surface area (Å²) < 4.78 is 31.0. The van der Waals surface area contributed by atoms with E-state index in [1.807, 2.05) is 26.0 Å². The summed E-state index contributed by atoms with van der Waals surface area (Å²) in [6.07, 6.45) is 10.2. The first-order chi connectivity index (χ1) is 19.4. The molecule has 0 bridgehead atoms. The quantitative estimate of drug-likeness (QED) is 0.101. The summed E-state index contributed by atoms with van der Waals surface area (Å²) in [7, 11) is 0. The number of carbonyl (C=O) groups excluding carboxylic acids is 2. The highest BCUT2D eigenvalue weighted by atomic mass is 19.1. The van der Waals surface area contributed by atoms with Crippen molar-refractivity contribution in [3.63, 3.8) is 0 Å². The van der Waals surface area contributed by atoms with E-state index >= 15 is 0 Å². The summed E-state index contributed by atoms with van der Waals surface area (Å²) in [6.45, 7) is 6.56. The number of benzene rings is 3. The Morgan fingerprint density at radius 3 is 1.90 bits per heavy atom. The fourth-order valence-electron chi connectivity index (χ4n) is 4.19. The van der Waals surface area contributed by atoms with Gasteiger partial charge >= 0.3 is 11.9 Å². The first kappa shape index (κ1) is 30.9. The fourth-order valence-corrected chi connectivity index (χ4v) is 4.19. The molecule has 0 aliphatic rings. The van der Waals surface area contributed by atoms with Gasteiger partial charge in [-0.15, -0.1) is 0 Å². The first-order valence-electron chi connectivity index (χ1n) is 14.5. The normalized spacial score (nSPS) is 11.6. The molecule has 0 fully saturated rings. The zero-order chi connectivity index (χ0) is 28.7. The average Bonchev–Trinajstić information content (AvgIpc) is 2.96. The lowest BCUT2D eigenvalue weighted by molar-refractivity contribution is 0.0334. The Hall–Kier alpha value is -3.67. The van der Waals surface area contributed by atoms with Crippen molar-refractivity contribution < 1.29 is 28.2 Å². The summed E-state index contributed by atoms with van der Waals surface area (Å²) in [5, 5.41) is 0. The molecule has 5 nitrogen and oxygen atoms in total. The van der Waals surface area contributed by atoms with Crippen LogP contribution < -0.4 is 9.47 Å². The molecule has 3 aromatic carbocycles. The van der Waals surface area contributed by atoms with Gasteiger partial charge in [-0.25, -0.2) is 14.0 Å².